The number of nitrogens with zero attached hydrogens (tertiary/aromatic N) is 1. The van der Waals surface area contributed by atoms with Crippen molar-refractivity contribution in [3.8, 4) is 0 Å². The van der Waals surface area contributed by atoms with E-state index in [-0.39, 0.29) is 0 Å². The Labute approximate surface area is 82.5 Å². The molecule has 2 aliphatic rings. The molecule has 0 N–H and O–H groups in total. The summed E-state index contributed by atoms with van der Waals surface area (Å²) in [4.78, 5) is 2.71. The van der Waals surface area contributed by atoms with Crippen molar-refractivity contribution in [2.24, 2.45) is 11.8 Å². The largest absolute Gasteiger partial charge is 0.303 e. The van der Waals surface area contributed by atoms with Crippen LogP contribution in [0.3, 0.4) is 0 Å². The van der Waals surface area contributed by atoms with Gasteiger partial charge in [-0.25, -0.2) is 0 Å². The molecule has 0 radical (unpaired) electrons. The van der Waals surface area contributed by atoms with Gasteiger partial charge < -0.3 is 4.90 Å². The zero-order valence-electron chi connectivity index (χ0n) is 8.97. The molecule has 0 bridgehead atoms. The third kappa shape index (κ3) is 2.25. The highest BCUT2D eigenvalue weighted by atomic mass is 15.1. The highest BCUT2D eigenvalue weighted by Gasteiger charge is 2.33. The molecule has 1 aliphatic carbocycles. The van der Waals surface area contributed by atoms with E-state index < -0.39 is 0 Å². The Hall–Kier alpha value is -0.0400. The van der Waals surface area contributed by atoms with Crippen LogP contribution in [0.5, 0.6) is 0 Å². The van der Waals surface area contributed by atoms with E-state index in [0.717, 1.165) is 11.8 Å². The number of likely N-dealkylation sites (tertiary alicyclic amines) is 1. The first-order valence-electron chi connectivity index (χ1n) is 6.12. The monoisotopic (exact) mass is 181 g/mol. The lowest BCUT2D eigenvalue weighted by molar-refractivity contribution is 0.299. The van der Waals surface area contributed by atoms with Crippen molar-refractivity contribution >= 4 is 0 Å². The second kappa shape index (κ2) is 4.45. The Kier molecular flexibility index (Phi) is 3.26. The maximum Gasteiger partial charge on any atom is 0.00129 e. The molecule has 0 amide bonds. The molecule has 1 heterocycles. The zero-order valence-corrected chi connectivity index (χ0v) is 8.97. The fourth-order valence-electron chi connectivity index (χ4n) is 3.07. The van der Waals surface area contributed by atoms with Gasteiger partial charge in [-0.15, -0.1) is 0 Å². The molecule has 13 heavy (non-hydrogen) atoms. The standard InChI is InChI=1S/C12H23N/c1-2-3-8-13-9-11-6-4-5-7-12(11)10-13/h11-12H,2-10H2,1H3. The molecular formula is C12H23N. The van der Waals surface area contributed by atoms with E-state index in [1.807, 2.05) is 0 Å². The van der Waals surface area contributed by atoms with Crippen molar-refractivity contribution in [2.75, 3.05) is 19.6 Å². The van der Waals surface area contributed by atoms with Gasteiger partial charge in [0, 0.05) is 13.1 Å². The highest BCUT2D eigenvalue weighted by molar-refractivity contribution is 4.86. The van der Waals surface area contributed by atoms with Crippen LogP contribution in [0.2, 0.25) is 0 Å². The van der Waals surface area contributed by atoms with Crippen LogP contribution in [0.4, 0.5) is 0 Å². The predicted molar refractivity (Wildman–Crippen MR) is 56.8 cm³/mol. The van der Waals surface area contributed by atoms with Crippen LogP contribution in [0.15, 0.2) is 0 Å². The van der Waals surface area contributed by atoms with Crippen molar-refractivity contribution < 1.29 is 0 Å². The van der Waals surface area contributed by atoms with E-state index in [1.54, 1.807) is 0 Å². The average Bonchev–Trinajstić information content (AvgIpc) is 2.57. The summed E-state index contributed by atoms with van der Waals surface area (Å²) in [7, 11) is 0. The van der Waals surface area contributed by atoms with Gasteiger partial charge in [-0.2, -0.15) is 0 Å². The van der Waals surface area contributed by atoms with E-state index in [9.17, 15) is 0 Å². The lowest BCUT2D eigenvalue weighted by Crippen LogP contribution is -2.21. The number of fused-ring (bicyclic) bond motifs is 1. The Balaban J connectivity index is 1.77. The molecule has 1 nitrogen and oxygen atoms in total. The van der Waals surface area contributed by atoms with Crippen LogP contribution in [-0.2, 0) is 0 Å². The lowest BCUT2D eigenvalue weighted by Gasteiger charge is -2.23. The van der Waals surface area contributed by atoms with E-state index in [4.69, 9.17) is 0 Å². The van der Waals surface area contributed by atoms with Crippen LogP contribution in [0.25, 0.3) is 0 Å². The van der Waals surface area contributed by atoms with Gasteiger partial charge in [-0.3, -0.25) is 0 Å². The minimum absolute atomic E-state index is 1.07. The molecule has 2 atom stereocenters. The quantitative estimate of drug-likeness (QED) is 0.647. The smallest absolute Gasteiger partial charge is 0.00129 e. The van der Waals surface area contributed by atoms with Crippen molar-refractivity contribution in [3.05, 3.63) is 0 Å². The molecule has 1 saturated heterocycles. The first-order valence-corrected chi connectivity index (χ1v) is 6.12. The molecule has 0 aromatic carbocycles. The fourth-order valence-corrected chi connectivity index (χ4v) is 3.07. The Morgan fingerprint density at radius 1 is 1.08 bits per heavy atom. The van der Waals surface area contributed by atoms with Crippen LogP contribution in [0.1, 0.15) is 45.4 Å². The molecule has 1 aliphatic heterocycles. The first kappa shape index (κ1) is 9.51. The maximum absolute atomic E-state index is 2.71. The summed E-state index contributed by atoms with van der Waals surface area (Å²) in [6.45, 7) is 6.50. The SMILES string of the molecule is CCCCN1CC2CCCCC2C1. The van der Waals surface area contributed by atoms with Gasteiger partial charge in [0.1, 0.15) is 0 Å². The van der Waals surface area contributed by atoms with E-state index >= 15 is 0 Å². The predicted octanol–water partition coefficient (Wildman–Crippen LogP) is 2.91. The van der Waals surface area contributed by atoms with Crippen molar-refractivity contribution in [2.45, 2.75) is 45.4 Å². The van der Waals surface area contributed by atoms with Gasteiger partial charge in [0.25, 0.3) is 0 Å². The summed E-state index contributed by atoms with van der Waals surface area (Å²) in [5.74, 6) is 2.15. The summed E-state index contributed by atoms with van der Waals surface area (Å²) in [5.41, 5.74) is 0. The van der Waals surface area contributed by atoms with E-state index in [1.165, 1.54) is 58.2 Å². The normalized spacial score (nSPS) is 34.8. The molecule has 1 saturated carbocycles. The van der Waals surface area contributed by atoms with Crippen LogP contribution < -0.4 is 0 Å². The minimum Gasteiger partial charge on any atom is -0.303 e. The molecule has 0 aromatic heterocycles. The molecule has 2 unspecified atom stereocenters. The van der Waals surface area contributed by atoms with Gasteiger partial charge >= 0.3 is 0 Å². The van der Waals surface area contributed by atoms with Crippen LogP contribution >= 0.6 is 0 Å². The lowest BCUT2D eigenvalue weighted by atomic mass is 9.82. The van der Waals surface area contributed by atoms with Crippen LogP contribution in [-0.4, -0.2) is 24.5 Å². The average molecular weight is 181 g/mol. The van der Waals surface area contributed by atoms with Crippen LogP contribution in [0, 0.1) is 11.8 Å². The zero-order chi connectivity index (χ0) is 9.10. The molecule has 0 aromatic rings. The molecule has 2 fully saturated rings. The van der Waals surface area contributed by atoms with E-state index in [0.29, 0.717) is 0 Å². The fraction of sp³-hybridized carbons (Fsp3) is 1.00. The Morgan fingerprint density at radius 3 is 2.23 bits per heavy atom. The molecule has 2 rings (SSSR count). The van der Waals surface area contributed by atoms with Crippen molar-refractivity contribution in [1.29, 1.82) is 0 Å². The van der Waals surface area contributed by atoms with Gasteiger partial charge in [0.05, 0.1) is 0 Å². The number of hydrogen-bond acceptors (Lipinski definition) is 1. The Bertz CT molecular complexity index is 141. The third-order valence-electron chi connectivity index (χ3n) is 3.88. The van der Waals surface area contributed by atoms with Crippen molar-refractivity contribution in [3.63, 3.8) is 0 Å². The molecular weight excluding hydrogens is 158 g/mol. The first-order chi connectivity index (χ1) is 6.40. The summed E-state index contributed by atoms with van der Waals surface area (Å²) >= 11 is 0. The topological polar surface area (TPSA) is 3.24 Å². The van der Waals surface area contributed by atoms with Gasteiger partial charge in [-0.05, 0) is 37.6 Å². The van der Waals surface area contributed by atoms with Gasteiger partial charge in [0.2, 0.25) is 0 Å². The minimum atomic E-state index is 1.07. The number of hydrogen-bond donors (Lipinski definition) is 0. The van der Waals surface area contributed by atoms with Gasteiger partial charge in [0.15, 0.2) is 0 Å². The van der Waals surface area contributed by atoms with Crippen molar-refractivity contribution in [1.82, 2.24) is 4.90 Å². The summed E-state index contributed by atoms with van der Waals surface area (Å²) in [6, 6.07) is 0. The summed E-state index contributed by atoms with van der Waals surface area (Å²) in [5, 5.41) is 0. The molecule has 76 valence electrons. The summed E-state index contributed by atoms with van der Waals surface area (Å²) < 4.78 is 0. The molecule has 0 spiro atoms. The van der Waals surface area contributed by atoms with Gasteiger partial charge in [-0.1, -0.05) is 26.2 Å². The van der Waals surface area contributed by atoms with E-state index in [2.05, 4.69) is 11.8 Å². The number of rotatable bonds is 3. The second-order valence-corrected chi connectivity index (χ2v) is 4.92. The third-order valence-corrected chi connectivity index (χ3v) is 3.88. The Morgan fingerprint density at radius 2 is 1.69 bits per heavy atom. The highest BCUT2D eigenvalue weighted by Crippen LogP contribution is 2.35. The maximum atomic E-state index is 2.71. The molecule has 1 heteroatoms. The second-order valence-electron chi connectivity index (χ2n) is 4.92. The number of unbranched alkanes of at least 4 members (excludes halogenated alkanes) is 1. The summed E-state index contributed by atoms with van der Waals surface area (Å²) in [6.07, 6.45) is 8.80.